The molecule has 4 nitrogen and oxygen atoms in total. The van der Waals surface area contributed by atoms with E-state index in [0.717, 1.165) is 34.6 Å². The van der Waals surface area contributed by atoms with Crippen molar-refractivity contribution >= 4 is 34.3 Å². The minimum atomic E-state index is -0.576. The number of thioether (sulfide) groups is 1. The van der Waals surface area contributed by atoms with E-state index in [1.807, 2.05) is 30.6 Å². The number of nitrogens with zero attached hydrogens (tertiary/aromatic N) is 1. The molecule has 0 fully saturated rings. The monoisotopic (exact) mass is 292 g/mol. The number of aromatic nitrogens is 1. The molecule has 0 radical (unpaired) electrons. The molecule has 0 amide bonds. The van der Waals surface area contributed by atoms with E-state index in [1.54, 1.807) is 11.8 Å². The summed E-state index contributed by atoms with van der Waals surface area (Å²) in [6.07, 6.45) is 4.95. The van der Waals surface area contributed by atoms with E-state index in [1.165, 1.54) is 5.56 Å². The predicted molar refractivity (Wildman–Crippen MR) is 79.0 cm³/mol. The van der Waals surface area contributed by atoms with Crippen molar-refractivity contribution in [1.29, 1.82) is 5.26 Å². The number of fused-ring (bicyclic) bond motifs is 3. The summed E-state index contributed by atoms with van der Waals surface area (Å²) in [7, 11) is 0. The average molecular weight is 293 g/mol. The lowest BCUT2D eigenvalue weighted by Gasteiger charge is -2.35. The zero-order chi connectivity index (χ0) is 13.5. The number of benzene rings is 1. The molecule has 6 heteroatoms. The summed E-state index contributed by atoms with van der Waals surface area (Å²) in [5.74, 6) is 0. The largest absolute Gasteiger partial charge is 0.354 e. The van der Waals surface area contributed by atoms with Crippen LogP contribution in [0, 0.1) is 11.5 Å². The molecule has 1 aromatic heterocycles. The highest BCUT2D eigenvalue weighted by molar-refractivity contribution is 7.99. The molecular weight excluding hydrogens is 280 g/mol. The average Bonchev–Trinajstić information content (AvgIpc) is 2.78. The Kier molecular flexibility index (Phi) is 3.09. The van der Waals surface area contributed by atoms with Gasteiger partial charge < -0.3 is 4.98 Å². The van der Waals surface area contributed by atoms with Crippen molar-refractivity contribution in [3.63, 3.8) is 0 Å². The summed E-state index contributed by atoms with van der Waals surface area (Å²) in [6.45, 7) is 0.821. The Hall–Kier alpha value is -1.35. The molecule has 1 atom stereocenters. The van der Waals surface area contributed by atoms with Crippen molar-refractivity contribution < 1.29 is 0 Å². The van der Waals surface area contributed by atoms with Crippen molar-refractivity contribution in [3.8, 4) is 6.19 Å². The number of hydrogen-bond acceptors (Lipinski definition) is 4. The van der Waals surface area contributed by atoms with Gasteiger partial charge >= 0.3 is 0 Å². The summed E-state index contributed by atoms with van der Waals surface area (Å²) >= 11 is 7.65. The minimum absolute atomic E-state index is 0.576. The van der Waals surface area contributed by atoms with E-state index in [2.05, 4.69) is 15.6 Å². The van der Waals surface area contributed by atoms with E-state index < -0.39 is 4.99 Å². The van der Waals surface area contributed by atoms with Crippen LogP contribution < -0.4 is 10.6 Å². The van der Waals surface area contributed by atoms with Crippen LogP contribution in [-0.4, -0.2) is 17.8 Å². The molecule has 0 saturated carbocycles. The quantitative estimate of drug-likeness (QED) is 0.452. The molecule has 0 bridgehead atoms. The second-order valence-corrected chi connectivity index (χ2v) is 5.92. The maximum atomic E-state index is 9.01. The summed E-state index contributed by atoms with van der Waals surface area (Å²) in [6, 6.07) is 5.83. The first-order valence-corrected chi connectivity index (χ1v) is 7.57. The number of rotatable bonds is 2. The third-order valence-corrected chi connectivity index (χ3v) is 4.81. The molecule has 2 heterocycles. The summed E-state index contributed by atoms with van der Waals surface area (Å²) in [5.41, 5.74) is 3.30. The first-order valence-electron chi connectivity index (χ1n) is 5.97. The van der Waals surface area contributed by atoms with Gasteiger partial charge in [-0.2, -0.15) is 5.26 Å². The number of nitriles is 1. The summed E-state index contributed by atoms with van der Waals surface area (Å²) in [4.78, 5) is 2.84. The lowest BCUT2D eigenvalue weighted by molar-refractivity contribution is 0.416. The van der Waals surface area contributed by atoms with Gasteiger partial charge in [-0.15, -0.1) is 11.8 Å². The second-order valence-electron chi connectivity index (χ2n) is 4.47. The van der Waals surface area contributed by atoms with Crippen molar-refractivity contribution in [2.75, 3.05) is 12.8 Å². The van der Waals surface area contributed by atoms with Gasteiger partial charge in [0.1, 0.15) is 0 Å². The number of aromatic amines is 1. The van der Waals surface area contributed by atoms with Crippen LogP contribution >= 0.6 is 23.4 Å². The molecule has 0 spiro atoms. The van der Waals surface area contributed by atoms with E-state index >= 15 is 0 Å². The highest BCUT2D eigenvalue weighted by Gasteiger charge is 2.38. The maximum absolute atomic E-state index is 9.01. The van der Waals surface area contributed by atoms with Crippen LogP contribution in [0.2, 0.25) is 5.02 Å². The highest BCUT2D eigenvalue weighted by atomic mass is 35.5. The lowest BCUT2D eigenvalue weighted by atomic mass is 10.0. The Balaban J connectivity index is 2.25. The number of nitrogens with one attached hydrogen (secondary N) is 3. The van der Waals surface area contributed by atoms with Gasteiger partial charge in [-0.1, -0.05) is 11.6 Å². The van der Waals surface area contributed by atoms with E-state index in [0.29, 0.717) is 0 Å². The van der Waals surface area contributed by atoms with Crippen LogP contribution in [0.15, 0.2) is 18.2 Å². The Morgan fingerprint density at radius 1 is 1.53 bits per heavy atom. The summed E-state index contributed by atoms with van der Waals surface area (Å²) < 4.78 is 0. The van der Waals surface area contributed by atoms with Gasteiger partial charge in [-0.25, -0.2) is 0 Å². The molecule has 1 aromatic carbocycles. The minimum Gasteiger partial charge on any atom is -0.354 e. The number of halogens is 1. The number of H-pyrrole nitrogens is 1. The van der Waals surface area contributed by atoms with Crippen LogP contribution in [0.4, 0.5) is 0 Å². The molecule has 3 rings (SSSR count). The van der Waals surface area contributed by atoms with Crippen LogP contribution in [-0.2, 0) is 11.4 Å². The van der Waals surface area contributed by atoms with Crippen LogP contribution in [0.1, 0.15) is 11.3 Å². The van der Waals surface area contributed by atoms with Crippen molar-refractivity contribution in [1.82, 2.24) is 15.6 Å². The third-order valence-electron chi connectivity index (χ3n) is 3.51. The van der Waals surface area contributed by atoms with Crippen molar-refractivity contribution in [2.45, 2.75) is 11.4 Å². The zero-order valence-corrected chi connectivity index (χ0v) is 12.0. The third kappa shape index (κ3) is 1.88. The molecule has 19 heavy (non-hydrogen) atoms. The SMILES string of the molecule is CSC1(NC#N)NCCc2c1[nH]c1ccc(Cl)cc21. The topological polar surface area (TPSA) is 63.6 Å². The van der Waals surface area contributed by atoms with Crippen LogP contribution in [0.5, 0.6) is 0 Å². The first-order chi connectivity index (χ1) is 9.20. The molecule has 1 unspecified atom stereocenters. The second kappa shape index (κ2) is 4.64. The molecule has 0 saturated heterocycles. The van der Waals surface area contributed by atoms with Gasteiger partial charge in [0.05, 0.1) is 5.69 Å². The van der Waals surface area contributed by atoms with E-state index in [4.69, 9.17) is 16.9 Å². The van der Waals surface area contributed by atoms with Crippen LogP contribution in [0.3, 0.4) is 0 Å². The molecule has 2 aromatic rings. The van der Waals surface area contributed by atoms with Crippen LogP contribution in [0.25, 0.3) is 10.9 Å². The van der Waals surface area contributed by atoms with Gasteiger partial charge in [0.2, 0.25) is 0 Å². The molecule has 1 aliphatic rings. The lowest BCUT2D eigenvalue weighted by Crippen LogP contribution is -2.53. The Morgan fingerprint density at radius 2 is 2.37 bits per heavy atom. The van der Waals surface area contributed by atoms with Gasteiger partial charge in [-0.3, -0.25) is 10.6 Å². The molecule has 1 aliphatic heterocycles. The number of hydrogen-bond donors (Lipinski definition) is 3. The van der Waals surface area contributed by atoms with Crippen molar-refractivity contribution in [3.05, 3.63) is 34.5 Å². The Labute approximate surface area is 120 Å². The zero-order valence-electron chi connectivity index (χ0n) is 10.4. The van der Waals surface area contributed by atoms with Crippen molar-refractivity contribution in [2.24, 2.45) is 0 Å². The first kappa shape index (κ1) is 12.7. The molecule has 0 aliphatic carbocycles. The van der Waals surface area contributed by atoms with Gasteiger partial charge in [0.25, 0.3) is 0 Å². The normalized spacial score (nSPS) is 21.9. The predicted octanol–water partition coefficient (Wildman–Crippen LogP) is 2.51. The fourth-order valence-corrected chi connectivity index (χ4v) is 3.59. The smallest absolute Gasteiger partial charge is 0.187 e. The van der Waals surface area contributed by atoms with E-state index in [9.17, 15) is 0 Å². The molecular formula is C13H13ClN4S. The summed E-state index contributed by atoms with van der Waals surface area (Å²) in [5, 5.41) is 17.1. The maximum Gasteiger partial charge on any atom is 0.187 e. The van der Waals surface area contributed by atoms with Gasteiger partial charge in [0, 0.05) is 22.5 Å². The Morgan fingerprint density at radius 3 is 3.11 bits per heavy atom. The molecule has 3 N–H and O–H groups in total. The molecule has 98 valence electrons. The Bertz CT molecular complexity index is 675. The fourth-order valence-electron chi connectivity index (χ4n) is 2.64. The van der Waals surface area contributed by atoms with Gasteiger partial charge in [0.15, 0.2) is 11.2 Å². The fraction of sp³-hybridized carbons (Fsp3) is 0.308. The highest BCUT2D eigenvalue weighted by Crippen LogP contribution is 2.38. The van der Waals surface area contributed by atoms with E-state index in [-0.39, 0.29) is 0 Å². The van der Waals surface area contributed by atoms with Gasteiger partial charge in [-0.05, 0) is 36.4 Å². The standard InChI is InChI=1S/C13H13ClN4S/c1-19-13(17-7-15)12-9(4-5-16-13)10-6-8(14)2-3-11(10)18-12/h2-3,6,16-18H,4-5H2,1H3.